The molecule has 2 nitrogen and oxygen atoms in total. The number of nitrogens with zero attached hydrogens (tertiary/aromatic N) is 2. The molecule has 0 N–H and O–H groups in total. The van der Waals surface area contributed by atoms with Gasteiger partial charge in [0.2, 0.25) is 0 Å². The third kappa shape index (κ3) is 10.5. The van der Waals surface area contributed by atoms with Gasteiger partial charge in [-0.3, -0.25) is 4.99 Å². The number of benzene rings is 3. The van der Waals surface area contributed by atoms with Crippen LogP contribution < -0.4 is 0 Å². The Hall–Kier alpha value is -3.67. The Labute approximate surface area is 242 Å². The second-order valence-electron chi connectivity index (χ2n) is 9.01. The van der Waals surface area contributed by atoms with Gasteiger partial charge in [0.15, 0.2) is 0 Å². The maximum atomic E-state index is 9.21. The highest BCUT2D eigenvalue weighted by Crippen LogP contribution is 2.28. The van der Waals surface area contributed by atoms with Gasteiger partial charge in [0.05, 0.1) is 22.4 Å². The highest BCUT2D eigenvalue weighted by Gasteiger charge is 2.07. The van der Waals surface area contributed by atoms with E-state index in [1.807, 2.05) is 88.4 Å². The van der Waals surface area contributed by atoms with Gasteiger partial charge in [0.1, 0.15) is 0 Å². The summed E-state index contributed by atoms with van der Waals surface area (Å²) in [5, 5.41) is 9.77. The number of hydrogen-bond donors (Lipinski definition) is 0. The maximum absolute atomic E-state index is 9.21. The SMILES string of the molecule is C=CCc1ccc(CC)c(CCC)c1.C=N/C(=C(/Cl)C=C(C)C)c1ccc(-c2ccccc2C#N)cc1.CC. The van der Waals surface area contributed by atoms with Crippen molar-refractivity contribution in [2.24, 2.45) is 4.99 Å². The zero-order valence-electron chi connectivity index (χ0n) is 24.5. The van der Waals surface area contributed by atoms with Crippen molar-refractivity contribution in [3.8, 4) is 17.2 Å². The number of halogens is 1. The summed E-state index contributed by atoms with van der Waals surface area (Å²) < 4.78 is 0. The second kappa shape index (κ2) is 18.6. The van der Waals surface area contributed by atoms with Crippen LogP contribution in [-0.4, -0.2) is 6.72 Å². The number of aryl methyl sites for hydroxylation is 2. The van der Waals surface area contributed by atoms with Crippen LogP contribution in [0.25, 0.3) is 16.8 Å². The predicted molar refractivity (Wildman–Crippen MR) is 173 cm³/mol. The van der Waals surface area contributed by atoms with Crippen molar-refractivity contribution in [2.75, 3.05) is 0 Å². The van der Waals surface area contributed by atoms with Crippen LogP contribution >= 0.6 is 11.6 Å². The standard InChI is InChI=1S/C20H17ClN2.C14H20.C2H6/c1-14(2)12-19(21)20(23-3)16-10-8-15(9-11-16)18-7-5-4-6-17(18)13-22;1-4-7-12-9-10-13(6-3)14(11-12)8-5-2;1-2/h4-12H,3H2,1-2H3;4,9-11H,1,5-8H2,2-3H3;1-2H3/b20-19+;;. The predicted octanol–water partition coefficient (Wildman–Crippen LogP) is 10.8. The Morgan fingerprint density at radius 2 is 1.64 bits per heavy atom. The molecule has 0 saturated carbocycles. The second-order valence-corrected chi connectivity index (χ2v) is 9.42. The van der Waals surface area contributed by atoms with Crippen LogP contribution in [0, 0.1) is 11.3 Å². The summed E-state index contributed by atoms with van der Waals surface area (Å²) in [4.78, 5) is 4.05. The Bertz CT molecular complexity index is 1300. The van der Waals surface area contributed by atoms with E-state index in [4.69, 9.17) is 11.6 Å². The first-order valence-corrected chi connectivity index (χ1v) is 14.1. The van der Waals surface area contributed by atoms with E-state index in [1.165, 1.54) is 29.5 Å². The Morgan fingerprint density at radius 3 is 2.18 bits per heavy atom. The molecule has 0 spiro atoms. The molecule has 3 rings (SSSR count). The summed E-state index contributed by atoms with van der Waals surface area (Å²) in [6.45, 7) is 19.8. The molecular weight excluding hydrogens is 496 g/mol. The average Bonchev–Trinajstić information content (AvgIpc) is 2.95. The molecular formula is C36H43ClN2. The zero-order valence-corrected chi connectivity index (χ0v) is 25.3. The molecule has 0 amide bonds. The fourth-order valence-corrected chi connectivity index (χ4v) is 4.47. The van der Waals surface area contributed by atoms with Crippen molar-refractivity contribution < 1.29 is 0 Å². The van der Waals surface area contributed by atoms with E-state index in [1.54, 1.807) is 0 Å². The molecule has 0 aromatic heterocycles. The van der Waals surface area contributed by atoms with Gasteiger partial charge < -0.3 is 0 Å². The lowest BCUT2D eigenvalue weighted by Crippen LogP contribution is -1.94. The van der Waals surface area contributed by atoms with Gasteiger partial charge in [-0.25, -0.2) is 0 Å². The Kier molecular flexibility index (Phi) is 15.9. The quantitative estimate of drug-likeness (QED) is 0.151. The van der Waals surface area contributed by atoms with Crippen molar-refractivity contribution in [3.05, 3.63) is 124 Å². The maximum Gasteiger partial charge on any atom is 0.0998 e. The van der Waals surface area contributed by atoms with Crippen molar-refractivity contribution in [3.63, 3.8) is 0 Å². The Morgan fingerprint density at radius 1 is 0.974 bits per heavy atom. The minimum absolute atomic E-state index is 0.560. The highest BCUT2D eigenvalue weighted by atomic mass is 35.5. The van der Waals surface area contributed by atoms with Crippen LogP contribution in [0.5, 0.6) is 0 Å². The molecule has 0 fully saturated rings. The summed E-state index contributed by atoms with van der Waals surface area (Å²) in [6.07, 6.45) is 8.39. The third-order valence-electron chi connectivity index (χ3n) is 5.87. The van der Waals surface area contributed by atoms with Crippen molar-refractivity contribution >= 4 is 24.0 Å². The van der Waals surface area contributed by atoms with E-state index in [0.29, 0.717) is 16.3 Å². The fourth-order valence-electron chi connectivity index (χ4n) is 4.09. The summed E-state index contributed by atoms with van der Waals surface area (Å²) in [7, 11) is 0. The first-order valence-electron chi connectivity index (χ1n) is 13.7. The number of rotatable bonds is 9. The molecule has 0 saturated heterocycles. The molecule has 39 heavy (non-hydrogen) atoms. The number of nitriles is 1. The first-order chi connectivity index (χ1) is 18.9. The van der Waals surface area contributed by atoms with Crippen molar-refractivity contribution in [2.45, 2.75) is 67.2 Å². The average molecular weight is 539 g/mol. The van der Waals surface area contributed by atoms with Crippen LogP contribution in [-0.2, 0) is 19.3 Å². The minimum atomic E-state index is 0.560. The molecule has 0 unspecified atom stereocenters. The normalized spacial score (nSPS) is 10.4. The van der Waals surface area contributed by atoms with Gasteiger partial charge in [-0.15, -0.1) is 6.58 Å². The largest absolute Gasteiger partial charge is 0.262 e. The molecule has 0 aliphatic heterocycles. The minimum Gasteiger partial charge on any atom is -0.262 e. The van der Waals surface area contributed by atoms with Gasteiger partial charge in [0.25, 0.3) is 0 Å². The molecule has 3 heteroatoms. The molecule has 3 aromatic carbocycles. The number of hydrogen-bond acceptors (Lipinski definition) is 2. The monoisotopic (exact) mass is 538 g/mol. The summed E-state index contributed by atoms with van der Waals surface area (Å²) in [5.41, 5.74) is 9.58. The molecule has 0 aliphatic rings. The van der Waals surface area contributed by atoms with Crippen LogP contribution in [0.15, 0.2) is 101 Å². The summed E-state index contributed by atoms with van der Waals surface area (Å²) in [5.74, 6) is 0. The van der Waals surface area contributed by atoms with E-state index < -0.39 is 0 Å². The third-order valence-corrected chi connectivity index (χ3v) is 6.16. The first kappa shape index (κ1) is 33.4. The lowest BCUT2D eigenvalue weighted by Gasteiger charge is -2.08. The molecule has 0 aliphatic carbocycles. The van der Waals surface area contributed by atoms with Gasteiger partial charge in [-0.2, -0.15) is 5.26 Å². The van der Waals surface area contributed by atoms with Gasteiger partial charge in [-0.1, -0.05) is 118 Å². The van der Waals surface area contributed by atoms with E-state index in [-0.39, 0.29) is 0 Å². The fraction of sp³-hybridized carbons (Fsp3) is 0.278. The lowest BCUT2D eigenvalue weighted by atomic mass is 9.97. The van der Waals surface area contributed by atoms with E-state index in [9.17, 15) is 5.26 Å². The number of allylic oxidation sites excluding steroid dienone is 4. The zero-order chi connectivity index (χ0) is 29.2. The van der Waals surface area contributed by atoms with Gasteiger partial charge >= 0.3 is 0 Å². The Balaban J connectivity index is 0.000000407. The van der Waals surface area contributed by atoms with Gasteiger partial charge in [0, 0.05) is 5.56 Å². The molecule has 204 valence electrons. The highest BCUT2D eigenvalue weighted by molar-refractivity contribution is 6.34. The molecule has 0 radical (unpaired) electrons. The molecule has 0 heterocycles. The molecule has 0 bridgehead atoms. The summed E-state index contributed by atoms with van der Waals surface area (Å²) in [6, 6.07) is 24.4. The topological polar surface area (TPSA) is 36.1 Å². The van der Waals surface area contributed by atoms with Crippen LogP contribution in [0.3, 0.4) is 0 Å². The van der Waals surface area contributed by atoms with Crippen molar-refractivity contribution in [1.29, 1.82) is 5.26 Å². The molecule has 3 aromatic rings. The van der Waals surface area contributed by atoms with Crippen LogP contribution in [0.1, 0.15) is 75.8 Å². The lowest BCUT2D eigenvalue weighted by molar-refractivity contribution is 0.896. The van der Waals surface area contributed by atoms with Crippen LogP contribution in [0.2, 0.25) is 0 Å². The van der Waals surface area contributed by atoms with E-state index in [0.717, 1.165) is 35.1 Å². The van der Waals surface area contributed by atoms with Crippen LogP contribution in [0.4, 0.5) is 0 Å². The van der Waals surface area contributed by atoms with E-state index in [2.05, 4.69) is 56.4 Å². The van der Waals surface area contributed by atoms with Gasteiger partial charge in [-0.05, 0) is 79.8 Å². The smallest absolute Gasteiger partial charge is 0.0998 e. The summed E-state index contributed by atoms with van der Waals surface area (Å²) >= 11 is 6.31. The number of aliphatic imine (C=N–C) groups is 1. The van der Waals surface area contributed by atoms with E-state index >= 15 is 0 Å². The molecule has 0 atom stereocenters. The van der Waals surface area contributed by atoms with Crippen molar-refractivity contribution in [1.82, 2.24) is 0 Å².